The second-order valence-corrected chi connectivity index (χ2v) is 9.71. The van der Waals surface area contributed by atoms with Crippen LogP contribution in [0.15, 0.2) is 59.6 Å². The third-order valence-electron chi connectivity index (χ3n) is 6.87. The van der Waals surface area contributed by atoms with Crippen molar-refractivity contribution in [3.63, 3.8) is 0 Å². The molecular weight excluding hydrogens is 425 g/mol. The number of carbonyl (C=O) groups is 1. The van der Waals surface area contributed by atoms with E-state index in [4.69, 9.17) is 5.14 Å². The molecule has 164 valence electrons. The maximum atomic E-state index is 14.4. The number of rotatable bonds is 3. The lowest BCUT2D eigenvalue weighted by Crippen LogP contribution is -2.41. The van der Waals surface area contributed by atoms with Crippen LogP contribution >= 0.6 is 0 Å². The fourth-order valence-corrected chi connectivity index (χ4v) is 5.47. The van der Waals surface area contributed by atoms with Crippen molar-refractivity contribution in [3.8, 4) is 11.3 Å². The molecule has 0 saturated carbocycles. The van der Waals surface area contributed by atoms with Gasteiger partial charge in [-0.1, -0.05) is 25.1 Å². The average Bonchev–Trinajstić information content (AvgIpc) is 3.32. The molecule has 1 aliphatic carbocycles. The highest BCUT2D eigenvalue weighted by molar-refractivity contribution is 7.82. The van der Waals surface area contributed by atoms with E-state index in [2.05, 4.69) is 23.2 Å². The topological polar surface area (TPSA) is 76.3 Å². The number of aromatic nitrogens is 1. The molecule has 2 N–H and O–H groups in total. The maximum Gasteiger partial charge on any atom is 0.231 e. The lowest BCUT2D eigenvalue weighted by Gasteiger charge is -2.27. The minimum atomic E-state index is -1.96. The highest BCUT2D eigenvalue weighted by Gasteiger charge is 2.41. The molecule has 0 spiro atoms. The van der Waals surface area contributed by atoms with E-state index in [9.17, 15) is 13.4 Å². The van der Waals surface area contributed by atoms with Crippen LogP contribution in [0.4, 0.5) is 10.1 Å². The maximum absolute atomic E-state index is 14.4. The Morgan fingerprint density at radius 1 is 1.12 bits per heavy atom. The number of hydrogen-bond donors (Lipinski definition) is 1. The van der Waals surface area contributed by atoms with E-state index >= 15 is 0 Å². The molecule has 2 heterocycles. The van der Waals surface area contributed by atoms with Gasteiger partial charge in [-0.3, -0.25) is 9.78 Å². The highest BCUT2D eigenvalue weighted by atomic mass is 32.2. The number of carbonyl (C=O) groups excluding carboxylic acids is 1. The number of fused-ring (bicyclic) bond motifs is 2. The molecule has 4 unspecified atom stereocenters. The molecule has 2 aromatic carbocycles. The smallest absolute Gasteiger partial charge is 0.231 e. The first kappa shape index (κ1) is 21.0. The van der Waals surface area contributed by atoms with Gasteiger partial charge in [0.2, 0.25) is 5.91 Å². The molecule has 5 rings (SSSR count). The Morgan fingerprint density at radius 3 is 2.62 bits per heavy atom. The second kappa shape index (κ2) is 7.90. The molecule has 2 aliphatic rings. The van der Waals surface area contributed by atoms with Crippen LogP contribution in [0.3, 0.4) is 0 Å². The minimum absolute atomic E-state index is 0.0130. The summed E-state index contributed by atoms with van der Waals surface area (Å²) in [6.07, 6.45) is 3.09. The van der Waals surface area contributed by atoms with Crippen LogP contribution in [-0.4, -0.2) is 21.1 Å². The molecular formula is C25H24FN3O2S. The zero-order valence-corrected chi connectivity index (χ0v) is 18.7. The van der Waals surface area contributed by atoms with Crippen LogP contribution in [0, 0.1) is 11.7 Å². The largest absolute Gasteiger partial charge is 0.308 e. The Labute approximate surface area is 189 Å². The number of halogens is 1. The Morgan fingerprint density at radius 2 is 1.91 bits per heavy atom. The SMILES string of the molecule is CC1c2cc(F)c(S(N)=O)cc2N(C(=O)C2Cc3ccc(-c4ccccn4)cc3C2)C1C. The third kappa shape index (κ3) is 3.36. The number of nitrogens with two attached hydrogens (primary N) is 1. The molecule has 0 bridgehead atoms. The van der Waals surface area contributed by atoms with Gasteiger partial charge in [0.25, 0.3) is 0 Å². The molecule has 32 heavy (non-hydrogen) atoms. The van der Waals surface area contributed by atoms with E-state index in [0.717, 1.165) is 22.4 Å². The van der Waals surface area contributed by atoms with Gasteiger partial charge >= 0.3 is 0 Å². The molecule has 3 aromatic rings. The van der Waals surface area contributed by atoms with Crippen molar-refractivity contribution >= 4 is 22.6 Å². The molecule has 1 aromatic heterocycles. The van der Waals surface area contributed by atoms with E-state index < -0.39 is 16.8 Å². The standard InChI is InChI=1S/C25H24FN3O2S/c1-14-15(2)29(23-13-24(32(27)31)21(26)12-20(14)23)25(30)19-9-16-6-7-17(10-18(16)11-19)22-5-3-4-8-28-22/h3-8,10,12-15,19H,9,11,27H2,1-2H3. The third-order valence-corrected chi connectivity index (χ3v) is 7.61. The van der Waals surface area contributed by atoms with Crippen molar-refractivity contribution in [2.24, 2.45) is 11.1 Å². The van der Waals surface area contributed by atoms with Crippen LogP contribution < -0.4 is 10.0 Å². The zero-order chi connectivity index (χ0) is 22.6. The number of anilines is 1. The van der Waals surface area contributed by atoms with Gasteiger partial charge in [-0.05, 0) is 66.8 Å². The van der Waals surface area contributed by atoms with Crippen LogP contribution in [0.5, 0.6) is 0 Å². The van der Waals surface area contributed by atoms with E-state index in [1.54, 1.807) is 11.1 Å². The molecule has 0 saturated heterocycles. The molecule has 7 heteroatoms. The van der Waals surface area contributed by atoms with Crippen molar-refractivity contribution < 1.29 is 13.4 Å². The average molecular weight is 450 g/mol. The van der Waals surface area contributed by atoms with Gasteiger partial charge in [-0.15, -0.1) is 0 Å². The van der Waals surface area contributed by atoms with E-state index in [0.29, 0.717) is 18.5 Å². The first-order valence-corrected chi connectivity index (χ1v) is 11.9. The molecule has 0 fully saturated rings. The summed E-state index contributed by atoms with van der Waals surface area (Å²) in [6, 6.07) is 14.8. The summed E-state index contributed by atoms with van der Waals surface area (Å²) in [5.74, 6) is -0.794. The van der Waals surface area contributed by atoms with Gasteiger partial charge in [0.15, 0.2) is 0 Å². The fourth-order valence-electron chi connectivity index (χ4n) is 4.99. The summed E-state index contributed by atoms with van der Waals surface area (Å²) >= 11 is 0. The first-order chi connectivity index (χ1) is 15.3. The summed E-state index contributed by atoms with van der Waals surface area (Å²) in [5.41, 5.74) is 5.66. The summed E-state index contributed by atoms with van der Waals surface area (Å²) < 4.78 is 26.2. The van der Waals surface area contributed by atoms with Gasteiger partial charge in [-0.25, -0.2) is 13.7 Å². The Bertz CT molecular complexity index is 1250. The number of pyridine rings is 1. The molecule has 0 radical (unpaired) electrons. The summed E-state index contributed by atoms with van der Waals surface area (Å²) in [6.45, 7) is 3.96. The Hall–Kier alpha value is -2.90. The van der Waals surface area contributed by atoms with E-state index in [1.165, 1.54) is 17.7 Å². The quantitative estimate of drug-likeness (QED) is 0.653. The van der Waals surface area contributed by atoms with Crippen molar-refractivity contribution in [3.05, 3.63) is 77.2 Å². The van der Waals surface area contributed by atoms with Gasteiger partial charge in [0, 0.05) is 35.3 Å². The van der Waals surface area contributed by atoms with Crippen LogP contribution in [0.25, 0.3) is 11.3 Å². The Balaban J connectivity index is 1.45. The Kier molecular flexibility index (Phi) is 5.18. The number of benzene rings is 2. The fraction of sp³-hybridized carbons (Fsp3) is 0.280. The van der Waals surface area contributed by atoms with E-state index in [-0.39, 0.29) is 28.7 Å². The van der Waals surface area contributed by atoms with Gasteiger partial charge in [-0.2, -0.15) is 0 Å². The lowest BCUT2D eigenvalue weighted by atomic mass is 9.98. The van der Waals surface area contributed by atoms with Crippen molar-refractivity contribution in [1.29, 1.82) is 0 Å². The number of nitrogens with zero attached hydrogens (tertiary/aromatic N) is 2. The molecule has 4 atom stereocenters. The van der Waals surface area contributed by atoms with Gasteiger partial charge in [0.05, 0.1) is 10.6 Å². The number of amides is 1. The molecule has 5 nitrogen and oxygen atoms in total. The van der Waals surface area contributed by atoms with Gasteiger partial charge < -0.3 is 4.90 Å². The van der Waals surface area contributed by atoms with Crippen LogP contribution in [0.2, 0.25) is 0 Å². The predicted octanol–water partition coefficient (Wildman–Crippen LogP) is 4.12. The van der Waals surface area contributed by atoms with Crippen LogP contribution in [-0.2, 0) is 28.6 Å². The first-order valence-electron chi connectivity index (χ1n) is 10.7. The van der Waals surface area contributed by atoms with Crippen molar-refractivity contribution in [2.45, 2.75) is 43.5 Å². The van der Waals surface area contributed by atoms with Crippen molar-refractivity contribution in [1.82, 2.24) is 4.98 Å². The molecule has 1 amide bonds. The summed E-state index contributed by atoms with van der Waals surface area (Å²) in [5, 5.41) is 5.46. The zero-order valence-electron chi connectivity index (χ0n) is 17.9. The monoisotopic (exact) mass is 449 g/mol. The second-order valence-electron chi connectivity index (χ2n) is 8.68. The summed E-state index contributed by atoms with van der Waals surface area (Å²) in [7, 11) is -1.96. The minimum Gasteiger partial charge on any atom is -0.308 e. The lowest BCUT2D eigenvalue weighted by molar-refractivity contribution is -0.122. The number of hydrogen-bond acceptors (Lipinski definition) is 3. The normalized spacial score (nSPS) is 22.5. The summed E-state index contributed by atoms with van der Waals surface area (Å²) in [4.78, 5) is 19.8. The van der Waals surface area contributed by atoms with Gasteiger partial charge in [0.1, 0.15) is 16.8 Å². The molecule has 1 aliphatic heterocycles. The van der Waals surface area contributed by atoms with Crippen LogP contribution in [0.1, 0.15) is 36.5 Å². The van der Waals surface area contributed by atoms with Crippen molar-refractivity contribution in [2.75, 3.05) is 4.90 Å². The highest BCUT2D eigenvalue weighted by Crippen LogP contribution is 2.44. The predicted molar refractivity (Wildman–Crippen MR) is 123 cm³/mol. The van der Waals surface area contributed by atoms with E-state index in [1.807, 2.05) is 32.0 Å².